The van der Waals surface area contributed by atoms with Gasteiger partial charge >= 0.3 is 12.5 Å². The summed E-state index contributed by atoms with van der Waals surface area (Å²) in [7, 11) is 1.26. The Hall–Kier alpha value is -3.09. The van der Waals surface area contributed by atoms with Crippen molar-refractivity contribution in [2.24, 2.45) is 17.4 Å². The number of aromatic amines is 2. The monoisotopic (exact) mass is 494 g/mol. The third-order valence-electron chi connectivity index (χ3n) is 4.85. The van der Waals surface area contributed by atoms with Crippen LogP contribution in [0.25, 0.3) is 9.69 Å². The van der Waals surface area contributed by atoms with Gasteiger partial charge in [0.2, 0.25) is 0 Å². The standard InChI is InChI=1S/C10H11N3OS.C6H10O.C4H5NO2.CH4N2S/c1-11-8-7(6-4-2-3-5-6)12-10(15)13-9(8)14;7-5-6-3-1-2-4-6;1-5-3-4(6)7-2;2-1(3)4/h6H,2-5H2,(H2,12,13,14,15);5-6H,1-4H2;3H2,2H3;(H4,2,3,4). The summed E-state index contributed by atoms with van der Waals surface area (Å²) >= 11 is 9.01. The van der Waals surface area contributed by atoms with Crippen LogP contribution >= 0.6 is 24.4 Å². The number of aldehydes is 1. The summed E-state index contributed by atoms with van der Waals surface area (Å²) < 4.78 is 4.45. The first-order chi connectivity index (χ1) is 15.7. The molecule has 10 nitrogen and oxygen atoms in total. The van der Waals surface area contributed by atoms with E-state index in [0.29, 0.717) is 16.6 Å². The highest BCUT2D eigenvalue weighted by Gasteiger charge is 2.22. The molecule has 1 aromatic heterocycles. The molecule has 0 aliphatic heterocycles. The smallest absolute Gasteiger partial charge is 0.386 e. The van der Waals surface area contributed by atoms with Gasteiger partial charge in [-0.25, -0.2) is 16.2 Å². The van der Waals surface area contributed by atoms with E-state index in [9.17, 15) is 14.4 Å². The van der Waals surface area contributed by atoms with Gasteiger partial charge in [0.1, 0.15) is 6.29 Å². The van der Waals surface area contributed by atoms with Crippen molar-refractivity contribution in [2.45, 2.75) is 57.3 Å². The van der Waals surface area contributed by atoms with E-state index in [1.54, 1.807) is 0 Å². The molecule has 0 unspecified atom stereocenters. The minimum absolute atomic E-state index is 0.000000000000000222. The average Bonchev–Trinajstić information content (AvgIpc) is 3.48. The molecule has 2 aliphatic carbocycles. The third kappa shape index (κ3) is 13.1. The molecule has 1 aromatic rings. The summed E-state index contributed by atoms with van der Waals surface area (Å²) in [6, 6.07) is 0. The average molecular weight is 495 g/mol. The SMILES string of the molecule is NC(N)=S.O=CC1CCCC1.[C-]#[N+]CC(=O)OC.[C-]#[N+]c1c(C2CCCC2)[nH]c(=S)[nH]c1=O. The minimum Gasteiger partial charge on any atom is -0.464 e. The van der Waals surface area contributed by atoms with Gasteiger partial charge in [-0.1, -0.05) is 25.7 Å². The van der Waals surface area contributed by atoms with Crippen LogP contribution in [0, 0.1) is 23.8 Å². The summed E-state index contributed by atoms with van der Waals surface area (Å²) in [6.45, 7) is 13.0. The summed E-state index contributed by atoms with van der Waals surface area (Å²) in [5, 5.41) is 0.000000000000000222. The van der Waals surface area contributed by atoms with E-state index < -0.39 is 5.97 Å². The van der Waals surface area contributed by atoms with Crippen LogP contribution in [0.4, 0.5) is 5.69 Å². The van der Waals surface area contributed by atoms with Gasteiger partial charge < -0.3 is 35.8 Å². The van der Waals surface area contributed by atoms with E-state index in [1.165, 1.54) is 20.0 Å². The van der Waals surface area contributed by atoms with Gasteiger partial charge in [-0.05, 0) is 56.0 Å². The Balaban J connectivity index is 0.000000478. The third-order valence-corrected chi connectivity index (χ3v) is 5.05. The molecule has 0 spiro atoms. The van der Waals surface area contributed by atoms with E-state index in [1.807, 2.05) is 0 Å². The Morgan fingerprint density at radius 3 is 2.03 bits per heavy atom. The Labute approximate surface area is 203 Å². The number of thiocarbonyl (C=S) groups is 1. The van der Waals surface area contributed by atoms with Crippen molar-refractivity contribution >= 4 is 47.5 Å². The topological polar surface area (TPSA) is 153 Å². The molecule has 0 bridgehead atoms. The number of nitrogens with zero attached hydrogens (tertiary/aromatic N) is 2. The molecular weight excluding hydrogens is 464 g/mol. The molecule has 0 atom stereocenters. The number of methoxy groups -OCH3 is 1. The maximum absolute atomic E-state index is 11.5. The van der Waals surface area contributed by atoms with Crippen molar-refractivity contribution in [1.82, 2.24) is 9.97 Å². The molecule has 12 heteroatoms. The number of nitrogens with two attached hydrogens (primary N) is 2. The second-order valence-corrected chi connectivity index (χ2v) is 8.12. The maximum Gasteiger partial charge on any atom is 0.386 e. The minimum atomic E-state index is -0.477. The number of carbonyl (C=O) groups excluding carboxylic acids is 2. The predicted molar refractivity (Wildman–Crippen MR) is 132 cm³/mol. The Bertz CT molecular complexity index is 961. The summed E-state index contributed by atoms with van der Waals surface area (Å²) in [6.07, 6.45) is 10.3. The lowest BCUT2D eigenvalue weighted by Gasteiger charge is -2.10. The molecule has 0 aromatic carbocycles. The lowest BCUT2D eigenvalue weighted by molar-refractivity contribution is -0.138. The van der Waals surface area contributed by atoms with Crippen molar-refractivity contribution in [3.8, 4) is 0 Å². The first-order valence-electron chi connectivity index (χ1n) is 10.3. The number of H-pyrrole nitrogens is 2. The van der Waals surface area contributed by atoms with Crippen molar-refractivity contribution in [3.63, 3.8) is 0 Å². The van der Waals surface area contributed by atoms with E-state index in [2.05, 4.69) is 48.1 Å². The van der Waals surface area contributed by atoms with E-state index in [-0.39, 0.29) is 22.9 Å². The second kappa shape index (κ2) is 17.5. The number of rotatable bonds is 3. The largest absolute Gasteiger partial charge is 0.464 e. The highest BCUT2D eigenvalue weighted by atomic mass is 32.1. The lowest BCUT2D eigenvalue weighted by atomic mass is 10.0. The van der Waals surface area contributed by atoms with Crippen molar-refractivity contribution in [3.05, 3.63) is 43.7 Å². The van der Waals surface area contributed by atoms with E-state index in [0.717, 1.165) is 50.5 Å². The van der Waals surface area contributed by atoms with Gasteiger partial charge in [0.25, 0.3) is 11.2 Å². The predicted octanol–water partition coefficient (Wildman–Crippen LogP) is 3.28. The van der Waals surface area contributed by atoms with Crippen LogP contribution in [0.1, 0.15) is 63.0 Å². The van der Waals surface area contributed by atoms with Crippen molar-refractivity contribution < 1.29 is 14.3 Å². The summed E-state index contributed by atoms with van der Waals surface area (Å²) in [5.41, 5.74) is 9.78. The molecular formula is C21H30N6O4S2. The van der Waals surface area contributed by atoms with Gasteiger partial charge in [-0.2, -0.15) is 0 Å². The fraction of sp³-hybridized carbons (Fsp3) is 0.571. The Morgan fingerprint density at radius 2 is 1.67 bits per heavy atom. The molecule has 1 heterocycles. The number of ether oxygens (including phenoxy) is 1. The summed E-state index contributed by atoms with van der Waals surface area (Å²) in [5.74, 6) is 0.244. The normalized spacial score (nSPS) is 14.5. The van der Waals surface area contributed by atoms with Crippen LogP contribution in [0.3, 0.4) is 0 Å². The number of nitrogens with one attached hydrogen (secondary N) is 2. The Kier molecular flexibility index (Phi) is 15.8. The van der Waals surface area contributed by atoms with Crippen LogP contribution in [0.2, 0.25) is 0 Å². The van der Waals surface area contributed by atoms with Gasteiger partial charge in [0, 0.05) is 11.6 Å². The quantitative estimate of drug-likeness (QED) is 0.216. The van der Waals surface area contributed by atoms with E-state index in [4.69, 9.17) is 25.4 Å². The number of carbonyl (C=O) groups is 2. The molecule has 180 valence electrons. The first-order valence-corrected chi connectivity index (χ1v) is 11.2. The first kappa shape index (κ1) is 29.9. The number of aromatic nitrogens is 2. The van der Waals surface area contributed by atoms with Gasteiger partial charge in [0.05, 0.1) is 13.7 Å². The number of hydrogen-bond donors (Lipinski definition) is 4. The molecule has 6 N–H and O–H groups in total. The fourth-order valence-electron chi connectivity index (χ4n) is 3.34. The molecule has 3 rings (SSSR count). The van der Waals surface area contributed by atoms with Gasteiger partial charge in [-0.15, -0.1) is 0 Å². The zero-order valence-corrected chi connectivity index (χ0v) is 20.2. The summed E-state index contributed by atoms with van der Waals surface area (Å²) in [4.78, 5) is 42.9. The van der Waals surface area contributed by atoms with Crippen molar-refractivity contribution in [1.29, 1.82) is 0 Å². The van der Waals surface area contributed by atoms with E-state index >= 15 is 0 Å². The molecule has 2 fully saturated rings. The van der Waals surface area contributed by atoms with Crippen LogP contribution in [-0.2, 0) is 14.3 Å². The Morgan fingerprint density at radius 1 is 1.15 bits per heavy atom. The van der Waals surface area contributed by atoms with Crippen molar-refractivity contribution in [2.75, 3.05) is 13.7 Å². The van der Waals surface area contributed by atoms with Crippen LogP contribution < -0.4 is 17.0 Å². The van der Waals surface area contributed by atoms with Crippen LogP contribution in [0.15, 0.2) is 4.79 Å². The molecule has 0 saturated heterocycles. The highest BCUT2D eigenvalue weighted by Crippen LogP contribution is 2.35. The second-order valence-electron chi connectivity index (χ2n) is 7.24. The molecule has 2 saturated carbocycles. The highest BCUT2D eigenvalue weighted by molar-refractivity contribution is 7.80. The van der Waals surface area contributed by atoms with Gasteiger partial charge in [0.15, 0.2) is 9.88 Å². The van der Waals surface area contributed by atoms with Crippen LogP contribution in [-0.4, -0.2) is 41.0 Å². The maximum atomic E-state index is 11.5. The molecule has 0 radical (unpaired) electrons. The fourth-order valence-corrected chi connectivity index (χ4v) is 3.54. The molecule has 0 amide bonds. The zero-order valence-electron chi connectivity index (χ0n) is 18.6. The molecule has 2 aliphatic rings. The lowest BCUT2D eigenvalue weighted by Crippen LogP contribution is -2.18. The number of hydrogen-bond acceptors (Lipinski definition) is 6. The number of esters is 1. The zero-order chi connectivity index (χ0) is 25.2. The molecule has 33 heavy (non-hydrogen) atoms. The van der Waals surface area contributed by atoms with Crippen LogP contribution in [0.5, 0.6) is 0 Å². The van der Waals surface area contributed by atoms with Gasteiger partial charge in [-0.3, -0.25) is 4.79 Å².